The average Bonchev–Trinajstić information content (AvgIpc) is 3.23. The molecule has 1 unspecified atom stereocenters. The van der Waals surface area contributed by atoms with Crippen molar-refractivity contribution in [2.45, 2.75) is 24.2 Å². The van der Waals surface area contributed by atoms with Crippen LogP contribution >= 0.6 is 46.6 Å². The SMILES string of the molecule is Clc1ccc(COCC(Cn2ccnc2)SCc2ccc(Cl)c(Cl)c2)cc1.O=[N+]([O-])O. The molecule has 0 radical (unpaired) electrons. The highest BCUT2D eigenvalue weighted by molar-refractivity contribution is 7.99. The van der Waals surface area contributed by atoms with E-state index in [-0.39, 0.29) is 5.25 Å². The summed E-state index contributed by atoms with van der Waals surface area (Å²) in [5, 5.41) is 15.8. The van der Waals surface area contributed by atoms with Crippen molar-refractivity contribution in [2.24, 2.45) is 0 Å². The van der Waals surface area contributed by atoms with Gasteiger partial charge in [-0.2, -0.15) is 0 Å². The van der Waals surface area contributed by atoms with Gasteiger partial charge in [-0.25, -0.2) is 4.98 Å². The fraction of sp³-hybridized carbons (Fsp3) is 0.250. The van der Waals surface area contributed by atoms with Gasteiger partial charge in [0.15, 0.2) is 0 Å². The standard InChI is InChI=1S/C20H19Cl3N2OS.HNO3/c21-17-4-1-15(2-5-17)11-26-12-18(10-25-8-7-24-14-25)27-13-16-3-6-19(22)20(23)9-16;2-1(3)4/h1-9,14,18H,10-13H2;(H,2,3,4). The molecule has 0 amide bonds. The van der Waals surface area contributed by atoms with E-state index in [1.54, 1.807) is 6.20 Å². The quantitative estimate of drug-likeness (QED) is 0.283. The Kier molecular flexibility index (Phi) is 11.0. The number of hydrogen-bond acceptors (Lipinski definition) is 5. The zero-order valence-electron chi connectivity index (χ0n) is 16.2. The molecule has 7 nitrogen and oxygen atoms in total. The number of hydrogen-bond donors (Lipinski definition) is 1. The van der Waals surface area contributed by atoms with Crippen molar-refractivity contribution in [3.8, 4) is 0 Å². The molecule has 3 rings (SSSR count). The van der Waals surface area contributed by atoms with E-state index in [0.29, 0.717) is 23.3 Å². The van der Waals surface area contributed by atoms with E-state index in [2.05, 4.69) is 9.55 Å². The molecular weight excluding hydrogens is 485 g/mol. The lowest BCUT2D eigenvalue weighted by atomic mass is 10.2. The Morgan fingerprint density at radius 2 is 1.81 bits per heavy atom. The van der Waals surface area contributed by atoms with Crippen molar-refractivity contribution in [1.29, 1.82) is 0 Å². The van der Waals surface area contributed by atoms with E-state index < -0.39 is 5.09 Å². The summed E-state index contributed by atoms with van der Waals surface area (Å²) in [6.45, 7) is 2.02. The molecule has 0 aliphatic carbocycles. The third kappa shape index (κ3) is 10.3. The molecule has 0 aliphatic heterocycles. The number of thioether (sulfide) groups is 1. The Labute approximate surface area is 199 Å². The lowest BCUT2D eigenvalue weighted by Gasteiger charge is -2.18. The highest BCUT2D eigenvalue weighted by atomic mass is 35.5. The van der Waals surface area contributed by atoms with E-state index in [4.69, 9.17) is 54.9 Å². The Balaban J connectivity index is 0.000000785. The molecule has 2 aromatic carbocycles. The smallest absolute Gasteiger partial charge is 0.291 e. The van der Waals surface area contributed by atoms with Crippen LogP contribution in [0.4, 0.5) is 0 Å². The first-order valence-corrected chi connectivity index (χ1v) is 11.2. The minimum atomic E-state index is -1.50. The molecule has 0 bridgehead atoms. The van der Waals surface area contributed by atoms with Crippen molar-refractivity contribution in [2.75, 3.05) is 6.61 Å². The Hall–Kier alpha value is -1.97. The van der Waals surface area contributed by atoms with Gasteiger partial charge < -0.3 is 14.5 Å². The predicted molar refractivity (Wildman–Crippen MR) is 124 cm³/mol. The van der Waals surface area contributed by atoms with Crippen LogP contribution in [0.1, 0.15) is 11.1 Å². The van der Waals surface area contributed by atoms with Gasteiger partial charge in [0, 0.05) is 35.0 Å². The summed E-state index contributed by atoms with van der Waals surface area (Å²) in [7, 11) is 0. The van der Waals surface area contributed by atoms with Gasteiger partial charge in [0.05, 0.1) is 29.6 Å². The topological polar surface area (TPSA) is 90.4 Å². The molecule has 0 saturated heterocycles. The first-order valence-electron chi connectivity index (χ1n) is 9.00. The second-order valence-corrected chi connectivity index (χ2v) is 8.86. The minimum Gasteiger partial charge on any atom is -0.376 e. The number of aromatic nitrogens is 2. The molecule has 31 heavy (non-hydrogen) atoms. The maximum atomic E-state index is 8.36. The molecule has 0 spiro atoms. The summed E-state index contributed by atoms with van der Waals surface area (Å²) >= 11 is 19.9. The third-order valence-electron chi connectivity index (χ3n) is 3.93. The van der Waals surface area contributed by atoms with Gasteiger partial charge in [-0.15, -0.1) is 21.9 Å². The molecule has 166 valence electrons. The van der Waals surface area contributed by atoms with Crippen LogP contribution in [0.5, 0.6) is 0 Å². The largest absolute Gasteiger partial charge is 0.376 e. The van der Waals surface area contributed by atoms with Crippen molar-refractivity contribution < 1.29 is 15.0 Å². The molecular formula is C20H20Cl3N3O4S. The molecule has 1 heterocycles. The zero-order valence-corrected chi connectivity index (χ0v) is 19.3. The molecule has 0 saturated carbocycles. The lowest BCUT2D eigenvalue weighted by molar-refractivity contribution is -0.742. The molecule has 0 aliphatic rings. The molecule has 3 aromatic rings. The number of halogens is 3. The number of rotatable bonds is 9. The van der Waals surface area contributed by atoms with Gasteiger partial charge in [0.1, 0.15) is 0 Å². The van der Waals surface area contributed by atoms with Crippen molar-refractivity contribution in [3.63, 3.8) is 0 Å². The fourth-order valence-corrected chi connectivity index (χ4v) is 4.04. The zero-order chi connectivity index (χ0) is 22.6. The van der Waals surface area contributed by atoms with Crippen LogP contribution in [0, 0.1) is 10.1 Å². The second kappa shape index (κ2) is 13.4. The monoisotopic (exact) mass is 503 g/mol. The van der Waals surface area contributed by atoms with Gasteiger partial charge >= 0.3 is 0 Å². The third-order valence-corrected chi connectivity index (χ3v) is 6.18. The van der Waals surface area contributed by atoms with Crippen LogP contribution in [-0.4, -0.2) is 31.7 Å². The average molecular weight is 505 g/mol. The van der Waals surface area contributed by atoms with Crippen LogP contribution in [-0.2, 0) is 23.6 Å². The van der Waals surface area contributed by atoms with E-state index in [9.17, 15) is 0 Å². The van der Waals surface area contributed by atoms with Gasteiger partial charge in [-0.1, -0.05) is 53.0 Å². The predicted octanol–water partition coefficient (Wildman–Crippen LogP) is 6.01. The second-order valence-electron chi connectivity index (χ2n) is 6.32. The highest BCUT2D eigenvalue weighted by Crippen LogP contribution is 2.26. The fourth-order valence-electron chi connectivity index (χ4n) is 2.52. The van der Waals surface area contributed by atoms with E-state index >= 15 is 0 Å². The van der Waals surface area contributed by atoms with Crippen LogP contribution in [0.25, 0.3) is 0 Å². The van der Waals surface area contributed by atoms with Gasteiger partial charge in [-0.05, 0) is 35.4 Å². The molecule has 1 aromatic heterocycles. The number of benzene rings is 2. The van der Waals surface area contributed by atoms with Crippen LogP contribution in [0.3, 0.4) is 0 Å². The summed E-state index contributed by atoms with van der Waals surface area (Å²) in [5.41, 5.74) is 2.25. The summed E-state index contributed by atoms with van der Waals surface area (Å²) in [5.74, 6) is 0.834. The molecule has 1 N–H and O–H groups in total. The van der Waals surface area contributed by atoms with Gasteiger partial charge in [0.2, 0.25) is 0 Å². The molecule has 11 heteroatoms. The number of nitrogens with zero attached hydrogens (tertiary/aromatic N) is 3. The van der Waals surface area contributed by atoms with Crippen molar-refractivity contribution in [3.05, 3.63) is 97.5 Å². The van der Waals surface area contributed by atoms with E-state index in [1.165, 1.54) is 0 Å². The van der Waals surface area contributed by atoms with Gasteiger partial charge in [0.25, 0.3) is 5.09 Å². The lowest BCUT2D eigenvalue weighted by Crippen LogP contribution is -2.19. The summed E-state index contributed by atoms with van der Waals surface area (Å²) in [6, 6.07) is 13.5. The normalized spacial score (nSPS) is 11.5. The van der Waals surface area contributed by atoms with Crippen LogP contribution in [0.15, 0.2) is 61.2 Å². The number of ether oxygens (including phenoxy) is 1. The molecule has 1 atom stereocenters. The summed E-state index contributed by atoms with van der Waals surface area (Å²) < 4.78 is 8.02. The molecule has 0 fully saturated rings. The Morgan fingerprint density at radius 1 is 1.13 bits per heavy atom. The maximum Gasteiger partial charge on any atom is 0.291 e. The summed E-state index contributed by atoms with van der Waals surface area (Å²) in [4.78, 5) is 12.5. The van der Waals surface area contributed by atoms with Crippen LogP contribution < -0.4 is 0 Å². The highest BCUT2D eigenvalue weighted by Gasteiger charge is 2.12. The maximum absolute atomic E-state index is 8.36. The van der Waals surface area contributed by atoms with Crippen molar-refractivity contribution in [1.82, 2.24) is 9.55 Å². The van der Waals surface area contributed by atoms with Crippen LogP contribution in [0.2, 0.25) is 15.1 Å². The van der Waals surface area contributed by atoms with Crippen molar-refractivity contribution >= 4 is 46.6 Å². The Morgan fingerprint density at radius 3 is 2.42 bits per heavy atom. The first-order chi connectivity index (χ1) is 14.8. The van der Waals surface area contributed by atoms with E-state index in [0.717, 1.165) is 28.4 Å². The Bertz CT molecular complexity index is 939. The minimum absolute atomic E-state index is 0.279. The van der Waals surface area contributed by atoms with E-state index in [1.807, 2.05) is 66.8 Å². The first kappa shape index (κ1) is 25.3. The number of imidazole rings is 1. The van der Waals surface area contributed by atoms with Gasteiger partial charge in [-0.3, -0.25) is 0 Å². The summed E-state index contributed by atoms with van der Waals surface area (Å²) in [6.07, 6.45) is 5.58.